The van der Waals surface area contributed by atoms with Crippen LogP contribution in [0.15, 0.2) is 0 Å². The summed E-state index contributed by atoms with van der Waals surface area (Å²) in [4.78, 5) is 12.6. The van der Waals surface area contributed by atoms with E-state index in [9.17, 15) is 4.79 Å². The molecule has 0 unspecified atom stereocenters. The first-order valence-corrected chi connectivity index (χ1v) is 4.30. The number of rotatable bonds is 2. The molecule has 5 nitrogen and oxygen atoms in total. The number of nitrogens with one attached hydrogen (secondary N) is 2. The van der Waals surface area contributed by atoms with E-state index in [0.29, 0.717) is 0 Å². The highest BCUT2D eigenvalue weighted by molar-refractivity contribution is 5.94. The summed E-state index contributed by atoms with van der Waals surface area (Å²) in [5, 5.41) is 9.87. The maximum atomic E-state index is 11.4. The lowest BCUT2D eigenvalue weighted by atomic mass is 10.3. The summed E-state index contributed by atoms with van der Waals surface area (Å²) in [6.45, 7) is 7.33. The van der Waals surface area contributed by atoms with Gasteiger partial charge in [-0.05, 0) is 27.7 Å². The van der Waals surface area contributed by atoms with Crippen LogP contribution in [0.25, 0.3) is 0 Å². The topological polar surface area (TPSA) is 82.2 Å². The van der Waals surface area contributed by atoms with Crippen molar-refractivity contribution in [3.8, 4) is 0 Å². The number of amides is 2. The predicted octanol–water partition coefficient (Wildman–Crippen LogP) is 0.708. The van der Waals surface area contributed by atoms with Crippen LogP contribution >= 0.6 is 0 Å². The van der Waals surface area contributed by atoms with E-state index in [1.807, 2.05) is 13.8 Å². The Morgan fingerprint density at radius 2 is 1.85 bits per heavy atom. The highest BCUT2D eigenvalue weighted by atomic mass is 16.2. The van der Waals surface area contributed by atoms with Crippen LogP contribution in [-0.2, 0) is 0 Å². The van der Waals surface area contributed by atoms with E-state index in [0.717, 1.165) is 0 Å². The normalized spacial score (nSPS) is 10.3. The van der Waals surface area contributed by atoms with Crippen LogP contribution in [-0.4, -0.2) is 29.0 Å². The first-order valence-electron chi connectivity index (χ1n) is 4.30. The van der Waals surface area contributed by atoms with Gasteiger partial charge in [-0.1, -0.05) is 0 Å². The molecule has 0 rings (SSSR count). The van der Waals surface area contributed by atoms with Gasteiger partial charge in [0.15, 0.2) is 5.96 Å². The summed E-state index contributed by atoms with van der Waals surface area (Å²) in [6.07, 6.45) is 0. The van der Waals surface area contributed by atoms with E-state index in [1.54, 1.807) is 13.8 Å². The summed E-state index contributed by atoms with van der Waals surface area (Å²) in [5.41, 5.74) is 5.26. The first-order chi connectivity index (χ1) is 5.86. The van der Waals surface area contributed by atoms with E-state index < -0.39 is 0 Å². The van der Waals surface area contributed by atoms with Gasteiger partial charge in [0.2, 0.25) is 0 Å². The molecule has 0 aromatic heterocycles. The van der Waals surface area contributed by atoms with Crippen molar-refractivity contribution >= 4 is 12.0 Å². The lowest BCUT2D eigenvalue weighted by molar-refractivity contribution is 0.210. The Kier molecular flexibility index (Phi) is 4.23. The molecule has 0 bridgehead atoms. The molecule has 0 atom stereocenters. The number of nitrogens with two attached hydrogens (primary N) is 1. The summed E-state index contributed by atoms with van der Waals surface area (Å²) in [5.74, 6) is -0.229. The minimum Gasteiger partial charge on any atom is -0.370 e. The van der Waals surface area contributed by atoms with Crippen LogP contribution in [0.3, 0.4) is 0 Å². The molecular weight excluding hydrogens is 168 g/mol. The van der Waals surface area contributed by atoms with Gasteiger partial charge in [-0.3, -0.25) is 10.3 Å². The van der Waals surface area contributed by atoms with Crippen molar-refractivity contribution in [2.75, 3.05) is 0 Å². The Morgan fingerprint density at radius 1 is 1.38 bits per heavy atom. The third-order valence-corrected chi connectivity index (χ3v) is 1.41. The minimum absolute atomic E-state index is 0.0492. The molecule has 5 heteroatoms. The van der Waals surface area contributed by atoms with Crippen LogP contribution in [0.1, 0.15) is 27.7 Å². The third kappa shape index (κ3) is 3.78. The van der Waals surface area contributed by atoms with Gasteiger partial charge in [0.1, 0.15) is 0 Å². The molecule has 0 aliphatic carbocycles. The number of hydrogen-bond donors (Lipinski definition) is 3. The number of urea groups is 1. The van der Waals surface area contributed by atoms with Crippen LogP contribution in [0.5, 0.6) is 0 Å². The largest absolute Gasteiger partial charge is 0.370 e. The SMILES string of the molecule is CC(C)NC(=O)N(C(=N)N)C(C)C. The van der Waals surface area contributed by atoms with Gasteiger partial charge in [0, 0.05) is 12.1 Å². The quantitative estimate of drug-likeness (QED) is 0.438. The highest BCUT2D eigenvalue weighted by Gasteiger charge is 2.19. The number of carbonyl (C=O) groups is 1. The third-order valence-electron chi connectivity index (χ3n) is 1.41. The molecule has 0 heterocycles. The van der Waals surface area contributed by atoms with Gasteiger partial charge < -0.3 is 11.1 Å². The summed E-state index contributed by atoms with van der Waals surface area (Å²) in [7, 11) is 0. The standard InChI is InChI=1S/C8H18N4O/c1-5(2)11-8(13)12(6(3)4)7(9)10/h5-6H,1-4H3,(H3,9,10)(H,11,13). The van der Waals surface area contributed by atoms with Crippen molar-refractivity contribution in [2.24, 2.45) is 5.73 Å². The monoisotopic (exact) mass is 186 g/mol. The number of hydrogen-bond acceptors (Lipinski definition) is 2. The molecule has 0 fully saturated rings. The van der Waals surface area contributed by atoms with E-state index in [-0.39, 0.29) is 24.1 Å². The van der Waals surface area contributed by atoms with Gasteiger partial charge in [-0.15, -0.1) is 0 Å². The van der Waals surface area contributed by atoms with Crippen molar-refractivity contribution in [1.29, 1.82) is 5.41 Å². The van der Waals surface area contributed by atoms with E-state index in [2.05, 4.69) is 5.32 Å². The Hall–Kier alpha value is -1.26. The molecule has 4 N–H and O–H groups in total. The van der Waals surface area contributed by atoms with E-state index >= 15 is 0 Å². The zero-order valence-electron chi connectivity index (χ0n) is 8.59. The van der Waals surface area contributed by atoms with Crippen LogP contribution in [0.2, 0.25) is 0 Å². The summed E-state index contributed by atoms with van der Waals surface area (Å²) >= 11 is 0. The van der Waals surface area contributed by atoms with Crippen LogP contribution in [0, 0.1) is 5.41 Å². The van der Waals surface area contributed by atoms with Crippen molar-refractivity contribution < 1.29 is 4.79 Å². The molecule has 0 aliphatic heterocycles. The molecule has 0 saturated heterocycles. The fraction of sp³-hybridized carbons (Fsp3) is 0.750. The molecule has 0 saturated carbocycles. The maximum Gasteiger partial charge on any atom is 0.324 e. The highest BCUT2D eigenvalue weighted by Crippen LogP contribution is 1.97. The Morgan fingerprint density at radius 3 is 2.08 bits per heavy atom. The molecule has 2 amide bonds. The van der Waals surface area contributed by atoms with Crippen LogP contribution in [0.4, 0.5) is 4.79 Å². The second-order valence-electron chi connectivity index (χ2n) is 3.45. The molecule has 0 aromatic rings. The maximum absolute atomic E-state index is 11.4. The van der Waals surface area contributed by atoms with Crippen LogP contribution < -0.4 is 11.1 Å². The average Bonchev–Trinajstić information content (AvgIpc) is 1.81. The smallest absolute Gasteiger partial charge is 0.324 e. The lowest BCUT2D eigenvalue weighted by Gasteiger charge is -2.25. The zero-order valence-corrected chi connectivity index (χ0v) is 8.59. The molecule has 13 heavy (non-hydrogen) atoms. The Labute approximate surface area is 78.8 Å². The lowest BCUT2D eigenvalue weighted by Crippen LogP contribution is -2.51. The van der Waals surface area contributed by atoms with Crippen molar-refractivity contribution in [3.63, 3.8) is 0 Å². The predicted molar refractivity (Wildman–Crippen MR) is 52.6 cm³/mol. The second kappa shape index (κ2) is 4.69. The van der Waals surface area contributed by atoms with Crippen molar-refractivity contribution in [2.45, 2.75) is 39.8 Å². The summed E-state index contributed by atoms with van der Waals surface area (Å²) in [6, 6.07) is -0.373. The fourth-order valence-electron chi connectivity index (χ4n) is 0.939. The van der Waals surface area contributed by atoms with E-state index in [1.165, 1.54) is 4.90 Å². The second-order valence-corrected chi connectivity index (χ2v) is 3.45. The molecule has 0 aliphatic rings. The fourth-order valence-corrected chi connectivity index (χ4v) is 0.939. The van der Waals surface area contributed by atoms with Gasteiger partial charge in [-0.2, -0.15) is 0 Å². The molecule has 0 spiro atoms. The average molecular weight is 186 g/mol. The molecule has 0 aromatic carbocycles. The van der Waals surface area contributed by atoms with Gasteiger partial charge in [-0.25, -0.2) is 4.79 Å². The minimum atomic E-state index is -0.322. The number of guanidine groups is 1. The van der Waals surface area contributed by atoms with E-state index in [4.69, 9.17) is 11.1 Å². The Bertz CT molecular complexity index is 200. The zero-order chi connectivity index (χ0) is 10.6. The summed E-state index contributed by atoms with van der Waals surface area (Å²) < 4.78 is 0. The van der Waals surface area contributed by atoms with Gasteiger partial charge >= 0.3 is 6.03 Å². The van der Waals surface area contributed by atoms with Crippen molar-refractivity contribution in [3.05, 3.63) is 0 Å². The molecule has 76 valence electrons. The van der Waals surface area contributed by atoms with Gasteiger partial charge in [0.25, 0.3) is 0 Å². The number of carbonyl (C=O) groups excluding carboxylic acids is 1. The molecular formula is C8H18N4O. The van der Waals surface area contributed by atoms with Gasteiger partial charge in [0.05, 0.1) is 0 Å². The number of nitrogens with zero attached hydrogens (tertiary/aromatic N) is 1. The first kappa shape index (κ1) is 11.7. The van der Waals surface area contributed by atoms with Crippen molar-refractivity contribution in [1.82, 2.24) is 10.2 Å². The molecule has 0 radical (unpaired) electrons. The Balaban J connectivity index is 4.38.